The van der Waals surface area contributed by atoms with Crippen molar-refractivity contribution < 1.29 is 9.52 Å². The normalized spacial score (nSPS) is 17.6. The quantitative estimate of drug-likeness (QED) is 0.314. The van der Waals surface area contributed by atoms with Crippen molar-refractivity contribution in [2.45, 2.75) is 32.0 Å². The monoisotopic (exact) mass is 416 g/mol. The second-order valence-corrected chi connectivity index (χ2v) is 8.27. The average Bonchev–Trinajstić information content (AvgIpc) is 3.38. The summed E-state index contributed by atoms with van der Waals surface area (Å²) in [6, 6.07) is 12.4. The number of aliphatic hydroxyl groups is 1. The Labute approximate surface area is 177 Å². The van der Waals surface area contributed by atoms with Crippen LogP contribution in [0.25, 0.3) is 0 Å². The van der Waals surface area contributed by atoms with Crippen LogP contribution < -0.4 is 10.6 Å². The number of aliphatic imine (C=N–C) groups is 1. The van der Waals surface area contributed by atoms with Crippen LogP contribution in [0.4, 0.5) is 0 Å². The number of likely N-dealkylation sites (tertiary alicyclic amines) is 1. The molecule has 158 valence electrons. The van der Waals surface area contributed by atoms with Crippen LogP contribution in [0, 0.1) is 0 Å². The van der Waals surface area contributed by atoms with E-state index in [-0.39, 0.29) is 6.10 Å². The van der Waals surface area contributed by atoms with Gasteiger partial charge < -0.3 is 20.2 Å². The van der Waals surface area contributed by atoms with Crippen molar-refractivity contribution in [2.75, 3.05) is 38.2 Å². The van der Waals surface area contributed by atoms with Crippen LogP contribution in [0.5, 0.6) is 0 Å². The van der Waals surface area contributed by atoms with Crippen molar-refractivity contribution in [3.05, 3.63) is 59.5 Å². The van der Waals surface area contributed by atoms with Crippen LogP contribution in [-0.4, -0.2) is 60.3 Å². The first-order valence-electron chi connectivity index (χ1n) is 10.3. The fourth-order valence-electron chi connectivity index (χ4n) is 3.43. The minimum absolute atomic E-state index is 0.189. The molecule has 1 aliphatic heterocycles. The van der Waals surface area contributed by atoms with Crippen molar-refractivity contribution in [3.63, 3.8) is 0 Å². The van der Waals surface area contributed by atoms with Gasteiger partial charge in [-0.05, 0) is 35.9 Å². The molecule has 2 heterocycles. The van der Waals surface area contributed by atoms with E-state index in [1.54, 1.807) is 6.26 Å². The summed E-state index contributed by atoms with van der Waals surface area (Å²) in [5.74, 6) is 2.84. The Bertz CT molecular complexity index is 751. The Balaban J connectivity index is 1.59. The average molecular weight is 417 g/mol. The molecule has 1 atom stereocenters. The summed E-state index contributed by atoms with van der Waals surface area (Å²) in [5, 5.41) is 16.6. The zero-order valence-electron chi connectivity index (χ0n) is 17.1. The van der Waals surface area contributed by atoms with Gasteiger partial charge in [-0.1, -0.05) is 24.3 Å². The van der Waals surface area contributed by atoms with E-state index in [0.29, 0.717) is 6.54 Å². The Morgan fingerprint density at radius 2 is 2.03 bits per heavy atom. The molecule has 6 nitrogen and oxygen atoms in total. The zero-order valence-corrected chi connectivity index (χ0v) is 18.0. The number of hydrogen-bond acceptors (Lipinski definition) is 5. The summed E-state index contributed by atoms with van der Waals surface area (Å²) in [5.41, 5.74) is 2.51. The molecule has 1 aromatic heterocycles. The van der Waals surface area contributed by atoms with Crippen LogP contribution >= 0.6 is 11.8 Å². The molecule has 0 radical (unpaired) electrons. The third-order valence-corrected chi connectivity index (χ3v) is 5.62. The minimum atomic E-state index is -0.189. The molecule has 1 aromatic carbocycles. The molecule has 0 saturated carbocycles. The summed E-state index contributed by atoms with van der Waals surface area (Å²) in [6.07, 6.45) is 5.31. The molecule has 1 saturated heterocycles. The lowest BCUT2D eigenvalue weighted by atomic mass is 10.1. The number of rotatable bonds is 10. The molecule has 0 bridgehead atoms. The standard InChI is InChI=1S/C22H32N4O2S/c1-29-14-11-24-22(23-10-8-21-7-4-13-28-21)25-15-18-5-2-3-6-19(18)16-26-12-9-20(27)17-26/h2-7,13,20,27H,8-12,14-17H2,1H3,(H2,23,24,25). The number of hydrogen-bond donors (Lipinski definition) is 3. The lowest BCUT2D eigenvalue weighted by Crippen LogP contribution is -2.39. The highest BCUT2D eigenvalue weighted by atomic mass is 32.2. The first-order chi connectivity index (χ1) is 14.2. The Hall–Kier alpha value is -1.96. The maximum Gasteiger partial charge on any atom is 0.191 e. The van der Waals surface area contributed by atoms with E-state index in [4.69, 9.17) is 9.41 Å². The fraction of sp³-hybridized carbons (Fsp3) is 0.500. The Kier molecular flexibility index (Phi) is 8.92. The van der Waals surface area contributed by atoms with Crippen LogP contribution in [0.1, 0.15) is 23.3 Å². The summed E-state index contributed by atoms with van der Waals surface area (Å²) in [6.45, 7) is 4.85. The number of β-amino-alcohol motifs (C(OH)–C–C–N with tert-alkyl or cyclic N) is 1. The maximum atomic E-state index is 9.79. The van der Waals surface area contributed by atoms with Gasteiger partial charge in [-0.25, -0.2) is 4.99 Å². The third-order valence-electron chi connectivity index (χ3n) is 5.01. The van der Waals surface area contributed by atoms with Gasteiger partial charge >= 0.3 is 0 Å². The zero-order chi connectivity index (χ0) is 20.3. The summed E-state index contributed by atoms with van der Waals surface area (Å²) < 4.78 is 5.40. The summed E-state index contributed by atoms with van der Waals surface area (Å²) >= 11 is 1.81. The van der Waals surface area contributed by atoms with E-state index in [9.17, 15) is 5.11 Å². The van der Waals surface area contributed by atoms with Gasteiger partial charge in [0.15, 0.2) is 5.96 Å². The van der Waals surface area contributed by atoms with Gasteiger partial charge in [-0.3, -0.25) is 4.90 Å². The molecule has 1 fully saturated rings. The number of thioether (sulfide) groups is 1. The van der Waals surface area contributed by atoms with Crippen LogP contribution in [0.3, 0.4) is 0 Å². The highest BCUT2D eigenvalue weighted by molar-refractivity contribution is 7.98. The van der Waals surface area contributed by atoms with Crippen molar-refractivity contribution in [3.8, 4) is 0 Å². The molecule has 2 aromatic rings. The SMILES string of the molecule is CSCCNC(=NCc1ccccc1CN1CCC(O)C1)NCCc1ccco1. The van der Waals surface area contributed by atoms with E-state index in [0.717, 1.165) is 63.0 Å². The van der Waals surface area contributed by atoms with E-state index >= 15 is 0 Å². The van der Waals surface area contributed by atoms with E-state index in [2.05, 4.69) is 46.1 Å². The molecule has 3 N–H and O–H groups in total. The lowest BCUT2D eigenvalue weighted by Gasteiger charge is -2.17. The molecule has 7 heteroatoms. The van der Waals surface area contributed by atoms with Gasteiger partial charge in [-0.15, -0.1) is 0 Å². The highest BCUT2D eigenvalue weighted by Gasteiger charge is 2.20. The predicted molar refractivity (Wildman–Crippen MR) is 120 cm³/mol. The van der Waals surface area contributed by atoms with Crippen LogP contribution in [0.2, 0.25) is 0 Å². The van der Waals surface area contributed by atoms with Crippen molar-refractivity contribution in [1.82, 2.24) is 15.5 Å². The van der Waals surface area contributed by atoms with Crippen molar-refractivity contribution in [2.24, 2.45) is 4.99 Å². The van der Waals surface area contributed by atoms with E-state index in [1.165, 1.54) is 11.1 Å². The topological polar surface area (TPSA) is 73.0 Å². The number of furan rings is 1. The molecular weight excluding hydrogens is 384 g/mol. The van der Waals surface area contributed by atoms with Crippen LogP contribution in [0.15, 0.2) is 52.1 Å². The van der Waals surface area contributed by atoms with Gasteiger partial charge in [0.1, 0.15) is 5.76 Å². The highest BCUT2D eigenvalue weighted by Crippen LogP contribution is 2.17. The lowest BCUT2D eigenvalue weighted by molar-refractivity contribution is 0.174. The third kappa shape index (κ3) is 7.42. The van der Waals surface area contributed by atoms with Gasteiger partial charge in [0.2, 0.25) is 0 Å². The molecule has 0 amide bonds. The number of guanidine groups is 1. The number of benzene rings is 1. The smallest absolute Gasteiger partial charge is 0.191 e. The minimum Gasteiger partial charge on any atom is -0.469 e. The summed E-state index contributed by atoms with van der Waals surface area (Å²) in [4.78, 5) is 7.13. The number of nitrogens with zero attached hydrogens (tertiary/aromatic N) is 2. The van der Waals surface area contributed by atoms with E-state index in [1.807, 2.05) is 23.9 Å². The van der Waals surface area contributed by atoms with Crippen LogP contribution in [-0.2, 0) is 19.5 Å². The second-order valence-electron chi connectivity index (χ2n) is 7.29. The van der Waals surface area contributed by atoms with Crippen molar-refractivity contribution in [1.29, 1.82) is 0 Å². The first-order valence-corrected chi connectivity index (χ1v) is 11.6. The van der Waals surface area contributed by atoms with Gasteiger partial charge in [0, 0.05) is 44.9 Å². The molecule has 29 heavy (non-hydrogen) atoms. The molecule has 0 aliphatic carbocycles. The molecular formula is C22H32N4O2S. The maximum absolute atomic E-state index is 9.79. The molecule has 0 spiro atoms. The Morgan fingerprint density at radius 1 is 1.21 bits per heavy atom. The van der Waals surface area contributed by atoms with Crippen molar-refractivity contribution >= 4 is 17.7 Å². The van der Waals surface area contributed by atoms with Gasteiger partial charge in [0.25, 0.3) is 0 Å². The first kappa shape index (κ1) is 21.7. The van der Waals surface area contributed by atoms with Gasteiger partial charge in [0.05, 0.1) is 18.9 Å². The second kappa shape index (κ2) is 11.9. The Morgan fingerprint density at radius 3 is 2.76 bits per heavy atom. The molecule has 1 aliphatic rings. The van der Waals surface area contributed by atoms with Gasteiger partial charge in [-0.2, -0.15) is 11.8 Å². The largest absolute Gasteiger partial charge is 0.469 e. The molecule has 3 rings (SSSR count). The fourth-order valence-corrected chi connectivity index (χ4v) is 3.74. The summed E-state index contributed by atoms with van der Waals surface area (Å²) in [7, 11) is 0. The van der Waals surface area contributed by atoms with E-state index < -0.39 is 0 Å². The number of aliphatic hydroxyl groups excluding tert-OH is 1. The molecule has 1 unspecified atom stereocenters. The number of nitrogens with one attached hydrogen (secondary N) is 2. The predicted octanol–water partition coefficient (Wildman–Crippen LogP) is 2.49.